The van der Waals surface area contributed by atoms with Gasteiger partial charge in [-0.2, -0.15) is 0 Å². The standard InChI is InChI=1S/C53H51N3O/c1-34(35-16-11-9-12-17-35)36-22-24-38(25-23-36)40-28-41(30-42(29-40)47-31-39(26-27-54-47)37-18-13-10-14-19-37)44-20-15-21-48-49(44)55-51(56(48)8)45-32-43(52(2,3)4)33-46(50(45)57)53(5,6)7/h9-34,57H,1-8H3. The lowest BCUT2D eigenvalue weighted by molar-refractivity contribution is 0.446. The first kappa shape index (κ1) is 37.7. The molecule has 0 saturated carbocycles. The van der Waals surface area contributed by atoms with Gasteiger partial charge in [0.25, 0.3) is 0 Å². The van der Waals surface area contributed by atoms with Crippen LogP contribution in [0, 0.1) is 0 Å². The third-order valence-corrected chi connectivity index (χ3v) is 11.4. The summed E-state index contributed by atoms with van der Waals surface area (Å²) >= 11 is 0. The summed E-state index contributed by atoms with van der Waals surface area (Å²) < 4.78 is 2.12. The molecule has 8 aromatic rings. The fourth-order valence-electron chi connectivity index (χ4n) is 7.89. The summed E-state index contributed by atoms with van der Waals surface area (Å²) in [5.41, 5.74) is 15.4. The molecule has 4 nitrogen and oxygen atoms in total. The maximum Gasteiger partial charge on any atom is 0.144 e. The number of phenolic OH excluding ortho intramolecular Hbond substituents is 1. The molecular weight excluding hydrogens is 695 g/mol. The van der Waals surface area contributed by atoms with Crippen LogP contribution in [0.25, 0.3) is 67.1 Å². The van der Waals surface area contributed by atoms with Gasteiger partial charge in [-0.05, 0) is 97.8 Å². The number of aryl methyl sites for hydroxylation is 1. The zero-order chi connectivity index (χ0) is 40.1. The van der Waals surface area contributed by atoms with E-state index >= 15 is 0 Å². The van der Waals surface area contributed by atoms with Gasteiger partial charge in [0.2, 0.25) is 0 Å². The Morgan fingerprint density at radius 3 is 1.86 bits per heavy atom. The molecule has 0 bridgehead atoms. The smallest absolute Gasteiger partial charge is 0.144 e. The quantitative estimate of drug-likeness (QED) is 0.177. The van der Waals surface area contributed by atoms with Crippen LogP contribution in [0.15, 0.2) is 152 Å². The molecule has 6 aromatic carbocycles. The van der Waals surface area contributed by atoms with Crippen LogP contribution in [0.1, 0.15) is 76.6 Å². The minimum atomic E-state index is -0.254. The number of hydrogen-bond acceptors (Lipinski definition) is 3. The monoisotopic (exact) mass is 745 g/mol. The molecule has 0 radical (unpaired) electrons. The van der Waals surface area contributed by atoms with Gasteiger partial charge in [0.1, 0.15) is 11.6 Å². The van der Waals surface area contributed by atoms with E-state index in [4.69, 9.17) is 9.97 Å². The van der Waals surface area contributed by atoms with Gasteiger partial charge in [0.05, 0.1) is 22.3 Å². The van der Waals surface area contributed by atoms with Gasteiger partial charge in [-0.1, -0.05) is 152 Å². The zero-order valence-electron chi connectivity index (χ0n) is 34.3. The van der Waals surface area contributed by atoms with E-state index in [0.29, 0.717) is 0 Å². The van der Waals surface area contributed by atoms with E-state index in [1.54, 1.807) is 0 Å². The van der Waals surface area contributed by atoms with Crippen LogP contribution in [0.2, 0.25) is 0 Å². The molecule has 0 aliphatic rings. The van der Waals surface area contributed by atoms with Crippen molar-refractivity contribution in [1.29, 1.82) is 0 Å². The minimum absolute atomic E-state index is 0.112. The summed E-state index contributed by atoms with van der Waals surface area (Å²) in [6, 6.07) is 51.8. The number of fused-ring (bicyclic) bond motifs is 1. The molecule has 1 N–H and O–H groups in total. The Balaban J connectivity index is 1.30. The lowest BCUT2D eigenvalue weighted by Crippen LogP contribution is -2.17. The predicted molar refractivity (Wildman–Crippen MR) is 239 cm³/mol. The Hall–Kier alpha value is -6.26. The first-order valence-electron chi connectivity index (χ1n) is 19.9. The molecule has 2 aromatic heterocycles. The summed E-state index contributed by atoms with van der Waals surface area (Å²) in [6.07, 6.45) is 1.90. The summed E-state index contributed by atoms with van der Waals surface area (Å²) in [6.45, 7) is 15.4. The predicted octanol–water partition coefficient (Wildman–Crippen LogP) is 13.8. The Bertz CT molecular complexity index is 2710. The SMILES string of the molecule is CC(c1ccccc1)c1ccc(-c2cc(-c3cc(-c4ccccc4)ccn3)cc(-c3cccc4c3nc(-c3cc(C(C)(C)C)cc(C(C)(C)C)c3O)n4C)c2)cc1. The highest BCUT2D eigenvalue weighted by Crippen LogP contribution is 2.44. The molecule has 0 saturated heterocycles. The average molecular weight is 746 g/mol. The zero-order valence-corrected chi connectivity index (χ0v) is 34.3. The Morgan fingerprint density at radius 1 is 0.544 bits per heavy atom. The van der Waals surface area contributed by atoms with E-state index in [1.807, 2.05) is 19.3 Å². The second kappa shape index (κ2) is 14.7. The lowest BCUT2D eigenvalue weighted by atomic mass is 9.79. The summed E-state index contributed by atoms with van der Waals surface area (Å²) in [7, 11) is 2.05. The van der Waals surface area contributed by atoms with Crippen molar-refractivity contribution in [2.75, 3.05) is 0 Å². The number of phenols is 1. The van der Waals surface area contributed by atoms with E-state index in [2.05, 4.69) is 193 Å². The van der Waals surface area contributed by atoms with Crippen molar-refractivity contribution in [3.05, 3.63) is 174 Å². The van der Waals surface area contributed by atoms with Crippen LogP contribution in [-0.4, -0.2) is 19.6 Å². The van der Waals surface area contributed by atoms with Crippen LogP contribution < -0.4 is 0 Å². The van der Waals surface area contributed by atoms with Crippen LogP contribution in [0.5, 0.6) is 5.75 Å². The van der Waals surface area contributed by atoms with Gasteiger partial charge in [-0.25, -0.2) is 4.98 Å². The van der Waals surface area contributed by atoms with E-state index in [0.717, 1.165) is 72.6 Å². The summed E-state index contributed by atoms with van der Waals surface area (Å²) in [5, 5.41) is 11.9. The van der Waals surface area contributed by atoms with Crippen molar-refractivity contribution < 1.29 is 5.11 Å². The highest BCUT2D eigenvalue weighted by molar-refractivity contribution is 5.96. The Morgan fingerprint density at radius 2 is 1.18 bits per heavy atom. The Labute approximate surface area is 337 Å². The van der Waals surface area contributed by atoms with Crippen LogP contribution >= 0.6 is 0 Å². The number of benzene rings is 6. The number of nitrogens with zero attached hydrogens (tertiary/aromatic N) is 3. The summed E-state index contributed by atoms with van der Waals surface area (Å²) in [5.74, 6) is 1.31. The molecular formula is C53H51N3O. The number of para-hydroxylation sites is 1. The van der Waals surface area contributed by atoms with Crippen molar-refractivity contribution >= 4 is 11.0 Å². The first-order valence-corrected chi connectivity index (χ1v) is 19.9. The molecule has 0 aliphatic heterocycles. The van der Waals surface area contributed by atoms with E-state index < -0.39 is 0 Å². The average Bonchev–Trinajstić information content (AvgIpc) is 3.56. The third kappa shape index (κ3) is 7.40. The molecule has 0 spiro atoms. The van der Waals surface area contributed by atoms with Crippen molar-refractivity contribution in [1.82, 2.24) is 14.5 Å². The van der Waals surface area contributed by atoms with Gasteiger partial charge in [-0.3, -0.25) is 4.98 Å². The fraction of sp³-hybridized carbons (Fsp3) is 0.208. The number of aromatic nitrogens is 3. The fourth-order valence-corrected chi connectivity index (χ4v) is 7.89. The highest BCUT2D eigenvalue weighted by atomic mass is 16.3. The summed E-state index contributed by atoms with van der Waals surface area (Å²) in [4.78, 5) is 10.3. The van der Waals surface area contributed by atoms with Gasteiger partial charge in [0, 0.05) is 35.9 Å². The second-order valence-corrected chi connectivity index (χ2v) is 17.4. The molecule has 0 fully saturated rings. The molecule has 8 rings (SSSR count). The van der Waals surface area contributed by atoms with Crippen molar-refractivity contribution in [2.45, 2.75) is 65.2 Å². The van der Waals surface area contributed by atoms with Gasteiger partial charge < -0.3 is 9.67 Å². The number of hydrogen-bond donors (Lipinski definition) is 1. The first-order chi connectivity index (χ1) is 27.3. The number of aromatic hydroxyl groups is 1. The van der Waals surface area contributed by atoms with E-state index in [1.165, 1.54) is 16.7 Å². The van der Waals surface area contributed by atoms with Crippen LogP contribution in [0.3, 0.4) is 0 Å². The van der Waals surface area contributed by atoms with E-state index in [-0.39, 0.29) is 22.5 Å². The minimum Gasteiger partial charge on any atom is -0.507 e. The maximum absolute atomic E-state index is 11.9. The molecule has 2 heterocycles. The number of pyridine rings is 1. The number of rotatable bonds is 7. The van der Waals surface area contributed by atoms with Gasteiger partial charge >= 0.3 is 0 Å². The molecule has 284 valence electrons. The lowest BCUT2D eigenvalue weighted by Gasteiger charge is -2.27. The molecule has 57 heavy (non-hydrogen) atoms. The van der Waals surface area contributed by atoms with Crippen molar-refractivity contribution in [3.8, 4) is 61.8 Å². The van der Waals surface area contributed by atoms with E-state index in [9.17, 15) is 5.11 Å². The topological polar surface area (TPSA) is 50.9 Å². The second-order valence-electron chi connectivity index (χ2n) is 17.4. The highest BCUT2D eigenvalue weighted by Gasteiger charge is 2.28. The molecule has 4 heteroatoms. The van der Waals surface area contributed by atoms with Crippen molar-refractivity contribution in [2.24, 2.45) is 7.05 Å². The Kier molecular flexibility index (Phi) is 9.69. The van der Waals surface area contributed by atoms with Crippen LogP contribution in [-0.2, 0) is 17.9 Å². The van der Waals surface area contributed by atoms with Crippen molar-refractivity contribution in [3.63, 3.8) is 0 Å². The molecule has 1 atom stereocenters. The largest absolute Gasteiger partial charge is 0.507 e. The van der Waals surface area contributed by atoms with Gasteiger partial charge in [0.15, 0.2) is 0 Å². The van der Waals surface area contributed by atoms with Gasteiger partial charge in [-0.15, -0.1) is 0 Å². The molecule has 0 amide bonds. The maximum atomic E-state index is 11.9. The normalized spacial score (nSPS) is 12.6. The van der Waals surface area contributed by atoms with Crippen LogP contribution in [0.4, 0.5) is 0 Å². The third-order valence-electron chi connectivity index (χ3n) is 11.4. The molecule has 0 aliphatic carbocycles. The number of imidazole rings is 1. The molecule has 1 unspecified atom stereocenters.